The number of fused-ring (bicyclic) bond motifs is 1. The molecule has 0 bridgehead atoms. The topological polar surface area (TPSA) is 72.9 Å². The summed E-state index contributed by atoms with van der Waals surface area (Å²) in [6, 6.07) is 5.75. The van der Waals surface area contributed by atoms with Crippen molar-refractivity contribution in [2.75, 3.05) is 0 Å². The smallest absolute Gasteiger partial charge is 0.237 e. The third-order valence-electron chi connectivity index (χ3n) is 3.57. The lowest BCUT2D eigenvalue weighted by Crippen LogP contribution is -2.41. The summed E-state index contributed by atoms with van der Waals surface area (Å²) in [6.45, 7) is 6.57. The monoisotopic (exact) mass is 288 g/mol. The zero-order valence-electron chi connectivity index (χ0n) is 13.2. The molecular formula is C16H24N4O. The van der Waals surface area contributed by atoms with Crippen LogP contribution in [0.4, 0.5) is 0 Å². The van der Waals surface area contributed by atoms with Gasteiger partial charge in [-0.05, 0) is 31.4 Å². The Labute approximate surface area is 125 Å². The molecule has 5 nitrogen and oxygen atoms in total. The molecule has 3 N–H and O–H groups in total. The second-order valence-electron chi connectivity index (χ2n) is 6.04. The Morgan fingerprint density at radius 2 is 2.14 bits per heavy atom. The Morgan fingerprint density at radius 1 is 1.43 bits per heavy atom. The molecular weight excluding hydrogens is 264 g/mol. The van der Waals surface area contributed by atoms with Crippen molar-refractivity contribution in [2.45, 2.75) is 39.8 Å². The Balaban J connectivity index is 2.10. The molecule has 0 saturated heterocycles. The summed E-state index contributed by atoms with van der Waals surface area (Å²) in [6.07, 6.45) is 0.688. The van der Waals surface area contributed by atoms with Crippen LogP contribution in [0.2, 0.25) is 0 Å². The van der Waals surface area contributed by atoms with Gasteiger partial charge in [0.1, 0.15) is 0 Å². The van der Waals surface area contributed by atoms with Gasteiger partial charge in [0.05, 0.1) is 23.8 Å². The van der Waals surface area contributed by atoms with E-state index in [1.807, 2.05) is 24.7 Å². The molecule has 0 spiro atoms. The Kier molecular flexibility index (Phi) is 4.63. The van der Waals surface area contributed by atoms with Gasteiger partial charge in [-0.2, -0.15) is 5.10 Å². The van der Waals surface area contributed by atoms with E-state index in [1.54, 1.807) is 0 Å². The number of benzene rings is 1. The molecule has 1 amide bonds. The number of nitrogens with two attached hydrogens (primary N) is 1. The summed E-state index contributed by atoms with van der Waals surface area (Å²) < 4.78 is 1.84. The molecule has 1 atom stereocenters. The minimum absolute atomic E-state index is 0.116. The van der Waals surface area contributed by atoms with Gasteiger partial charge in [-0.25, -0.2) is 0 Å². The first-order valence-electron chi connectivity index (χ1n) is 7.34. The lowest BCUT2D eigenvalue weighted by atomic mass is 10.0. The molecule has 0 saturated carbocycles. The summed E-state index contributed by atoms with van der Waals surface area (Å²) in [5, 5.41) is 8.45. The van der Waals surface area contributed by atoms with Crippen molar-refractivity contribution in [1.29, 1.82) is 0 Å². The zero-order valence-corrected chi connectivity index (χ0v) is 13.2. The predicted molar refractivity (Wildman–Crippen MR) is 84.7 cm³/mol. The first kappa shape index (κ1) is 15.5. The highest BCUT2D eigenvalue weighted by atomic mass is 16.2. The van der Waals surface area contributed by atoms with Crippen LogP contribution in [0.25, 0.3) is 10.9 Å². The predicted octanol–water partition coefficient (Wildman–Crippen LogP) is 1.87. The molecule has 114 valence electrons. The summed E-state index contributed by atoms with van der Waals surface area (Å²) in [5.74, 6) is 0.291. The van der Waals surface area contributed by atoms with Crippen LogP contribution < -0.4 is 11.1 Å². The standard InChI is InChI=1S/C16H24N4O/c1-10(2)7-13(17)16(21)18-9-14-12-8-11(3)5-6-15(12)20(4)19-14/h5-6,8,10,13H,7,9,17H2,1-4H3,(H,18,21)/t13-/m1/s1. The van der Waals surface area contributed by atoms with Gasteiger partial charge in [0.2, 0.25) is 5.91 Å². The van der Waals surface area contributed by atoms with E-state index in [9.17, 15) is 4.79 Å². The van der Waals surface area contributed by atoms with E-state index >= 15 is 0 Å². The first-order chi connectivity index (χ1) is 9.88. The average molecular weight is 288 g/mol. The van der Waals surface area contributed by atoms with Gasteiger partial charge in [0.25, 0.3) is 0 Å². The number of carbonyl (C=O) groups excluding carboxylic acids is 1. The molecule has 0 radical (unpaired) electrons. The number of hydrogen-bond donors (Lipinski definition) is 2. The fourth-order valence-electron chi connectivity index (χ4n) is 2.50. The Hall–Kier alpha value is -1.88. The molecule has 0 fully saturated rings. The third kappa shape index (κ3) is 3.61. The van der Waals surface area contributed by atoms with Crippen molar-refractivity contribution in [3.8, 4) is 0 Å². The molecule has 1 aromatic heterocycles. The third-order valence-corrected chi connectivity index (χ3v) is 3.57. The van der Waals surface area contributed by atoms with Crippen LogP contribution in [-0.2, 0) is 18.4 Å². The van der Waals surface area contributed by atoms with Gasteiger partial charge in [0.15, 0.2) is 0 Å². The quantitative estimate of drug-likeness (QED) is 0.882. The lowest BCUT2D eigenvalue weighted by molar-refractivity contribution is -0.122. The number of carbonyl (C=O) groups is 1. The maximum absolute atomic E-state index is 12.0. The molecule has 1 aromatic carbocycles. The maximum atomic E-state index is 12.0. The van der Waals surface area contributed by atoms with Crippen LogP contribution in [0.15, 0.2) is 18.2 Å². The molecule has 21 heavy (non-hydrogen) atoms. The minimum atomic E-state index is -0.457. The fourth-order valence-corrected chi connectivity index (χ4v) is 2.50. The van der Waals surface area contributed by atoms with Gasteiger partial charge in [-0.1, -0.05) is 25.5 Å². The Bertz CT molecular complexity index is 645. The van der Waals surface area contributed by atoms with Crippen LogP contribution in [0, 0.1) is 12.8 Å². The SMILES string of the molecule is Cc1ccc2c(c1)c(CNC(=O)[C@H](N)CC(C)C)nn2C. The van der Waals surface area contributed by atoms with Gasteiger partial charge in [-0.3, -0.25) is 9.48 Å². The first-order valence-corrected chi connectivity index (χ1v) is 7.34. The number of aromatic nitrogens is 2. The van der Waals surface area contributed by atoms with Crippen molar-refractivity contribution in [2.24, 2.45) is 18.7 Å². The lowest BCUT2D eigenvalue weighted by Gasteiger charge is -2.13. The highest BCUT2D eigenvalue weighted by Crippen LogP contribution is 2.19. The number of hydrogen-bond acceptors (Lipinski definition) is 3. The van der Waals surface area contributed by atoms with E-state index in [2.05, 4.69) is 36.4 Å². The molecule has 1 heterocycles. The van der Waals surface area contributed by atoms with Crippen molar-refractivity contribution in [3.63, 3.8) is 0 Å². The molecule has 0 aliphatic heterocycles. The highest BCUT2D eigenvalue weighted by molar-refractivity contribution is 5.84. The van der Waals surface area contributed by atoms with Gasteiger partial charge in [-0.15, -0.1) is 0 Å². The van der Waals surface area contributed by atoms with Crippen LogP contribution in [0.5, 0.6) is 0 Å². The number of nitrogens with one attached hydrogen (secondary N) is 1. The fraction of sp³-hybridized carbons (Fsp3) is 0.500. The van der Waals surface area contributed by atoms with Crippen molar-refractivity contribution >= 4 is 16.8 Å². The van der Waals surface area contributed by atoms with E-state index < -0.39 is 6.04 Å². The summed E-state index contributed by atoms with van der Waals surface area (Å²) in [7, 11) is 1.91. The molecule has 0 unspecified atom stereocenters. The van der Waals surface area contributed by atoms with Gasteiger partial charge < -0.3 is 11.1 Å². The summed E-state index contributed by atoms with van der Waals surface area (Å²) in [4.78, 5) is 12.0. The molecule has 0 aliphatic rings. The van der Waals surface area contributed by atoms with Crippen LogP contribution in [-0.4, -0.2) is 21.7 Å². The van der Waals surface area contributed by atoms with E-state index in [1.165, 1.54) is 5.56 Å². The zero-order chi connectivity index (χ0) is 15.6. The van der Waals surface area contributed by atoms with E-state index in [-0.39, 0.29) is 5.91 Å². The highest BCUT2D eigenvalue weighted by Gasteiger charge is 2.16. The Morgan fingerprint density at radius 3 is 2.81 bits per heavy atom. The number of rotatable bonds is 5. The van der Waals surface area contributed by atoms with Crippen LogP contribution in [0.3, 0.4) is 0 Å². The van der Waals surface area contributed by atoms with E-state index in [4.69, 9.17) is 5.73 Å². The minimum Gasteiger partial charge on any atom is -0.349 e. The van der Waals surface area contributed by atoms with Crippen molar-refractivity contribution < 1.29 is 4.79 Å². The molecule has 2 aromatic rings. The summed E-state index contributed by atoms with van der Waals surface area (Å²) in [5.41, 5.74) is 9.01. The van der Waals surface area contributed by atoms with E-state index in [0.29, 0.717) is 18.9 Å². The molecule has 0 aliphatic carbocycles. The van der Waals surface area contributed by atoms with Crippen molar-refractivity contribution in [1.82, 2.24) is 15.1 Å². The summed E-state index contributed by atoms with van der Waals surface area (Å²) >= 11 is 0. The van der Waals surface area contributed by atoms with Crippen LogP contribution >= 0.6 is 0 Å². The number of aryl methyl sites for hydroxylation is 2. The van der Waals surface area contributed by atoms with E-state index in [0.717, 1.165) is 16.6 Å². The normalized spacial score (nSPS) is 12.9. The second-order valence-corrected chi connectivity index (χ2v) is 6.04. The second kappa shape index (κ2) is 6.26. The largest absolute Gasteiger partial charge is 0.349 e. The average Bonchev–Trinajstić information content (AvgIpc) is 2.71. The molecule has 5 heteroatoms. The van der Waals surface area contributed by atoms with Gasteiger partial charge in [0, 0.05) is 12.4 Å². The number of nitrogens with zero attached hydrogens (tertiary/aromatic N) is 2. The van der Waals surface area contributed by atoms with Crippen molar-refractivity contribution in [3.05, 3.63) is 29.5 Å². The van der Waals surface area contributed by atoms with Gasteiger partial charge >= 0.3 is 0 Å². The molecule has 2 rings (SSSR count). The maximum Gasteiger partial charge on any atom is 0.237 e. The number of amides is 1. The van der Waals surface area contributed by atoms with Crippen LogP contribution in [0.1, 0.15) is 31.5 Å².